The second-order valence-corrected chi connectivity index (χ2v) is 9.08. The molecule has 2 N–H and O–H groups in total. The number of hydrogen-bond donors (Lipinski definition) is 2. The Hall–Kier alpha value is -3.39. The number of pyridine rings is 1. The summed E-state index contributed by atoms with van der Waals surface area (Å²) in [4.78, 5) is 18.9. The molecule has 4 rings (SSSR count). The molecule has 1 fully saturated rings. The molecule has 1 amide bonds. The van der Waals surface area contributed by atoms with Gasteiger partial charge in [0.05, 0.1) is 4.90 Å². The van der Waals surface area contributed by atoms with E-state index in [9.17, 15) is 13.2 Å². The SMILES string of the molecule is O=C(Nc1ccc(S(=O)(=O)Nc2ccccn2)cc1)c1ccc(N2CCCCC2)cc1. The highest BCUT2D eigenvalue weighted by Crippen LogP contribution is 2.21. The summed E-state index contributed by atoms with van der Waals surface area (Å²) in [7, 11) is -3.76. The van der Waals surface area contributed by atoms with E-state index in [1.165, 1.54) is 37.6 Å². The lowest BCUT2D eigenvalue weighted by atomic mass is 10.1. The minimum absolute atomic E-state index is 0.0852. The topological polar surface area (TPSA) is 91.4 Å². The molecule has 8 heteroatoms. The first kappa shape index (κ1) is 20.9. The number of rotatable bonds is 6. The van der Waals surface area contributed by atoms with E-state index in [4.69, 9.17) is 0 Å². The third-order valence-corrected chi connectivity index (χ3v) is 6.55. The molecule has 160 valence electrons. The predicted molar refractivity (Wildman–Crippen MR) is 122 cm³/mol. The number of carbonyl (C=O) groups excluding carboxylic acids is 1. The maximum absolute atomic E-state index is 12.6. The lowest BCUT2D eigenvalue weighted by Gasteiger charge is -2.28. The lowest BCUT2D eigenvalue weighted by molar-refractivity contribution is 0.102. The van der Waals surface area contributed by atoms with Gasteiger partial charge in [-0.2, -0.15) is 0 Å². The number of nitrogens with one attached hydrogen (secondary N) is 2. The summed E-state index contributed by atoms with van der Waals surface area (Å²) in [6.07, 6.45) is 5.18. The minimum Gasteiger partial charge on any atom is -0.372 e. The number of hydrogen-bond acceptors (Lipinski definition) is 5. The molecule has 1 aromatic heterocycles. The van der Waals surface area contributed by atoms with Crippen LogP contribution in [0.5, 0.6) is 0 Å². The van der Waals surface area contributed by atoms with Gasteiger partial charge in [-0.3, -0.25) is 9.52 Å². The van der Waals surface area contributed by atoms with Crippen LogP contribution >= 0.6 is 0 Å². The molecule has 7 nitrogen and oxygen atoms in total. The minimum atomic E-state index is -3.76. The molecule has 2 aromatic carbocycles. The van der Waals surface area contributed by atoms with Gasteiger partial charge in [0.1, 0.15) is 5.82 Å². The summed E-state index contributed by atoms with van der Waals surface area (Å²) in [5.41, 5.74) is 2.20. The first-order valence-electron chi connectivity index (χ1n) is 10.2. The Bertz CT molecular complexity index is 1130. The van der Waals surface area contributed by atoms with E-state index in [2.05, 4.69) is 19.9 Å². The van der Waals surface area contributed by atoms with Gasteiger partial charge in [0.25, 0.3) is 15.9 Å². The fourth-order valence-corrected chi connectivity index (χ4v) is 4.52. The molecule has 0 saturated carbocycles. The smallest absolute Gasteiger partial charge is 0.263 e. The fraction of sp³-hybridized carbons (Fsp3) is 0.217. The molecule has 0 bridgehead atoms. The molecular formula is C23H24N4O3S. The maximum atomic E-state index is 12.6. The van der Waals surface area contributed by atoms with Crippen LogP contribution in [0.15, 0.2) is 77.8 Å². The largest absolute Gasteiger partial charge is 0.372 e. The summed E-state index contributed by atoms with van der Waals surface area (Å²) in [5.74, 6) is 0.000270. The van der Waals surface area contributed by atoms with Crippen molar-refractivity contribution in [3.05, 3.63) is 78.5 Å². The molecular weight excluding hydrogens is 412 g/mol. The van der Waals surface area contributed by atoms with Gasteiger partial charge in [0, 0.05) is 36.2 Å². The summed E-state index contributed by atoms with van der Waals surface area (Å²) in [5, 5.41) is 2.81. The van der Waals surface area contributed by atoms with Crippen molar-refractivity contribution in [2.24, 2.45) is 0 Å². The average Bonchev–Trinajstić information content (AvgIpc) is 2.80. The Balaban J connectivity index is 1.39. The highest BCUT2D eigenvalue weighted by atomic mass is 32.2. The van der Waals surface area contributed by atoms with Gasteiger partial charge in [-0.1, -0.05) is 6.07 Å². The molecule has 0 spiro atoms. The quantitative estimate of drug-likeness (QED) is 0.606. The van der Waals surface area contributed by atoms with Gasteiger partial charge in [-0.05, 0) is 79.9 Å². The monoisotopic (exact) mass is 436 g/mol. The van der Waals surface area contributed by atoms with Crippen molar-refractivity contribution in [1.29, 1.82) is 0 Å². The van der Waals surface area contributed by atoms with Crippen molar-refractivity contribution in [3.8, 4) is 0 Å². The third-order valence-electron chi connectivity index (χ3n) is 5.18. The van der Waals surface area contributed by atoms with Crippen LogP contribution in [0.4, 0.5) is 17.2 Å². The van der Waals surface area contributed by atoms with Crippen molar-refractivity contribution in [3.63, 3.8) is 0 Å². The predicted octanol–water partition coefficient (Wildman–Crippen LogP) is 4.13. The number of anilines is 3. The zero-order chi connectivity index (χ0) is 21.7. The van der Waals surface area contributed by atoms with Crippen LogP contribution in [0.1, 0.15) is 29.6 Å². The molecule has 0 radical (unpaired) electrons. The molecule has 1 aliphatic heterocycles. The zero-order valence-corrected chi connectivity index (χ0v) is 17.8. The van der Waals surface area contributed by atoms with Crippen LogP contribution in [0.25, 0.3) is 0 Å². The molecule has 2 heterocycles. The van der Waals surface area contributed by atoms with E-state index in [-0.39, 0.29) is 16.6 Å². The Labute approximate surface area is 182 Å². The molecule has 0 atom stereocenters. The number of carbonyl (C=O) groups is 1. The van der Waals surface area contributed by atoms with Crippen molar-refractivity contribution in [2.75, 3.05) is 28.0 Å². The van der Waals surface area contributed by atoms with Crippen LogP contribution in [0, 0.1) is 0 Å². The first-order chi connectivity index (χ1) is 15.0. The third kappa shape index (κ3) is 5.21. The summed E-state index contributed by atoms with van der Waals surface area (Å²) < 4.78 is 27.4. The van der Waals surface area contributed by atoms with E-state index in [1.54, 1.807) is 30.3 Å². The highest BCUT2D eigenvalue weighted by Gasteiger charge is 2.15. The van der Waals surface area contributed by atoms with Crippen molar-refractivity contribution < 1.29 is 13.2 Å². The van der Waals surface area contributed by atoms with Gasteiger partial charge in [0.15, 0.2) is 0 Å². The highest BCUT2D eigenvalue weighted by molar-refractivity contribution is 7.92. The van der Waals surface area contributed by atoms with Crippen molar-refractivity contribution >= 4 is 33.1 Å². The van der Waals surface area contributed by atoms with Gasteiger partial charge in [-0.15, -0.1) is 0 Å². The number of piperidine rings is 1. The molecule has 0 unspecified atom stereocenters. The van der Waals surface area contributed by atoms with Crippen LogP contribution in [-0.2, 0) is 10.0 Å². The lowest BCUT2D eigenvalue weighted by Crippen LogP contribution is -2.29. The summed E-state index contributed by atoms with van der Waals surface area (Å²) >= 11 is 0. The van der Waals surface area contributed by atoms with E-state index < -0.39 is 10.0 Å². The van der Waals surface area contributed by atoms with Crippen molar-refractivity contribution in [1.82, 2.24) is 4.98 Å². The second-order valence-electron chi connectivity index (χ2n) is 7.39. The summed E-state index contributed by atoms with van der Waals surface area (Å²) in [6, 6.07) is 18.6. The van der Waals surface area contributed by atoms with Gasteiger partial charge >= 0.3 is 0 Å². The standard InChI is InChI=1S/C23H24N4O3S/c28-23(18-7-11-20(12-8-18)27-16-4-1-5-17-27)25-19-9-13-21(14-10-19)31(29,30)26-22-6-2-3-15-24-22/h2-3,6-15H,1,4-5,16-17H2,(H,24,26)(H,25,28). The molecule has 31 heavy (non-hydrogen) atoms. The number of benzene rings is 2. The molecule has 1 saturated heterocycles. The number of sulfonamides is 1. The number of aromatic nitrogens is 1. The van der Waals surface area contributed by atoms with Crippen LogP contribution in [-0.4, -0.2) is 32.4 Å². The van der Waals surface area contributed by atoms with Crippen LogP contribution < -0.4 is 14.9 Å². The first-order valence-corrected chi connectivity index (χ1v) is 11.7. The Morgan fingerprint density at radius 3 is 2.23 bits per heavy atom. The second kappa shape index (κ2) is 9.18. The Morgan fingerprint density at radius 2 is 1.58 bits per heavy atom. The van der Waals surface area contributed by atoms with Gasteiger partial charge in [-0.25, -0.2) is 13.4 Å². The van der Waals surface area contributed by atoms with Crippen molar-refractivity contribution in [2.45, 2.75) is 24.2 Å². The fourth-order valence-electron chi connectivity index (χ4n) is 3.52. The van der Waals surface area contributed by atoms with Gasteiger partial charge in [0.2, 0.25) is 0 Å². The van der Waals surface area contributed by atoms with Crippen LogP contribution in [0.3, 0.4) is 0 Å². The number of nitrogens with zero attached hydrogens (tertiary/aromatic N) is 2. The van der Waals surface area contributed by atoms with Gasteiger partial charge < -0.3 is 10.2 Å². The van der Waals surface area contributed by atoms with E-state index in [0.29, 0.717) is 11.3 Å². The number of amides is 1. The van der Waals surface area contributed by atoms with E-state index in [1.807, 2.05) is 24.3 Å². The molecule has 0 aliphatic carbocycles. The average molecular weight is 437 g/mol. The Morgan fingerprint density at radius 1 is 0.871 bits per heavy atom. The zero-order valence-electron chi connectivity index (χ0n) is 17.0. The van der Waals surface area contributed by atoms with Crippen LogP contribution in [0.2, 0.25) is 0 Å². The molecule has 3 aromatic rings. The summed E-state index contributed by atoms with van der Waals surface area (Å²) in [6.45, 7) is 2.10. The van der Waals surface area contributed by atoms with E-state index >= 15 is 0 Å². The van der Waals surface area contributed by atoms with E-state index in [0.717, 1.165) is 18.8 Å². The normalized spacial score (nSPS) is 14.1. The Kier molecular flexibility index (Phi) is 6.18. The maximum Gasteiger partial charge on any atom is 0.263 e. The molecule has 1 aliphatic rings.